The van der Waals surface area contributed by atoms with E-state index >= 15 is 0 Å². The largest absolute Gasteiger partial charge is 0.477 e. The van der Waals surface area contributed by atoms with Gasteiger partial charge in [0.05, 0.1) is 0 Å². The van der Waals surface area contributed by atoms with Crippen molar-refractivity contribution in [1.82, 2.24) is 4.98 Å². The van der Waals surface area contributed by atoms with E-state index in [2.05, 4.69) is 4.98 Å². The molecule has 0 aliphatic heterocycles. The van der Waals surface area contributed by atoms with Crippen molar-refractivity contribution in [2.45, 2.75) is 6.42 Å². The quantitative estimate of drug-likeness (QED) is 0.676. The van der Waals surface area contributed by atoms with Gasteiger partial charge in [-0.3, -0.25) is 0 Å². The van der Waals surface area contributed by atoms with Crippen molar-refractivity contribution in [3.63, 3.8) is 0 Å². The third-order valence-electron chi connectivity index (χ3n) is 1.51. The van der Waals surface area contributed by atoms with Crippen LogP contribution in [0.5, 0.6) is 0 Å². The number of nitrogens with zero attached hydrogens (tertiary/aromatic N) is 1. The van der Waals surface area contributed by atoms with Crippen LogP contribution >= 0.6 is 0 Å². The number of carboxylic acids is 1. The number of hydrogen-bond acceptors (Lipinski definition) is 3. The minimum atomic E-state index is -1.00. The Hall–Kier alpha value is -1.42. The minimum absolute atomic E-state index is 0.1000. The Morgan fingerprint density at radius 1 is 1.67 bits per heavy atom. The van der Waals surface area contributed by atoms with Crippen molar-refractivity contribution < 1.29 is 9.90 Å². The van der Waals surface area contributed by atoms with Gasteiger partial charge in [0.25, 0.3) is 0 Å². The second-order valence-electron chi connectivity index (χ2n) is 2.35. The van der Waals surface area contributed by atoms with Gasteiger partial charge in [0.1, 0.15) is 0 Å². The first kappa shape index (κ1) is 8.67. The smallest absolute Gasteiger partial charge is 0.354 e. The molecule has 1 aromatic heterocycles. The molecule has 0 saturated carbocycles. The summed E-state index contributed by atoms with van der Waals surface area (Å²) in [6.07, 6.45) is 2.01. The molecule has 1 rings (SSSR count). The summed E-state index contributed by atoms with van der Waals surface area (Å²) in [5, 5.41) is 8.69. The maximum atomic E-state index is 10.6. The lowest BCUT2D eigenvalue weighted by Crippen LogP contribution is -2.10. The Morgan fingerprint density at radius 2 is 2.42 bits per heavy atom. The first-order valence-corrected chi connectivity index (χ1v) is 3.63. The molecular formula is C8H10N2O2. The number of nitrogens with two attached hydrogens (primary N) is 1. The number of aromatic carboxylic acids is 1. The summed E-state index contributed by atoms with van der Waals surface area (Å²) < 4.78 is 0. The molecule has 1 heterocycles. The number of rotatable bonds is 3. The average molecular weight is 166 g/mol. The number of carbonyl (C=O) groups is 1. The molecule has 0 amide bonds. The number of pyridine rings is 1. The molecule has 0 atom stereocenters. The summed E-state index contributed by atoms with van der Waals surface area (Å²) in [4.78, 5) is 14.3. The van der Waals surface area contributed by atoms with E-state index in [1.807, 2.05) is 0 Å². The monoisotopic (exact) mass is 166 g/mol. The highest BCUT2D eigenvalue weighted by Crippen LogP contribution is 2.04. The molecule has 0 spiro atoms. The molecule has 0 fully saturated rings. The second-order valence-corrected chi connectivity index (χ2v) is 2.35. The van der Waals surface area contributed by atoms with Crippen LogP contribution in [0.3, 0.4) is 0 Å². The lowest BCUT2D eigenvalue weighted by Gasteiger charge is -2.01. The molecule has 64 valence electrons. The lowest BCUT2D eigenvalue weighted by atomic mass is 10.1. The first-order valence-electron chi connectivity index (χ1n) is 3.63. The fourth-order valence-corrected chi connectivity index (χ4v) is 0.988. The van der Waals surface area contributed by atoms with Crippen molar-refractivity contribution >= 4 is 5.97 Å². The predicted molar refractivity (Wildman–Crippen MR) is 44.0 cm³/mol. The Morgan fingerprint density at radius 3 is 3.00 bits per heavy atom. The van der Waals surface area contributed by atoms with Crippen LogP contribution in [-0.2, 0) is 6.42 Å². The van der Waals surface area contributed by atoms with Crippen LogP contribution in [0.25, 0.3) is 0 Å². The molecule has 0 unspecified atom stereocenters. The van der Waals surface area contributed by atoms with Gasteiger partial charge in [-0.25, -0.2) is 9.78 Å². The molecule has 12 heavy (non-hydrogen) atoms. The molecule has 0 saturated heterocycles. The molecular weight excluding hydrogens is 156 g/mol. The van der Waals surface area contributed by atoms with Crippen LogP contribution in [-0.4, -0.2) is 22.6 Å². The van der Waals surface area contributed by atoms with Crippen LogP contribution in [0.15, 0.2) is 18.3 Å². The zero-order chi connectivity index (χ0) is 8.97. The van der Waals surface area contributed by atoms with Gasteiger partial charge >= 0.3 is 5.97 Å². The molecule has 0 radical (unpaired) electrons. The molecule has 0 aliphatic carbocycles. The Bertz CT molecular complexity index is 286. The van der Waals surface area contributed by atoms with E-state index in [4.69, 9.17) is 10.8 Å². The van der Waals surface area contributed by atoms with Gasteiger partial charge in [0.2, 0.25) is 0 Å². The third kappa shape index (κ3) is 1.79. The number of hydrogen-bond donors (Lipinski definition) is 2. The Balaban J connectivity index is 3.00. The van der Waals surface area contributed by atoms with E-state index < -0.39 is 5.97 Å². The third-order valence-corrected chi connectivity index (χ3v) is 1.51. The van der Waals surface area contributed by atoms with Crippen molar-refractivity contribution in [3.8, 4) is 0 Å². The predicted octanol–water partition coefficient (Wildman–Crippen LogP) is 0.281. The SMILES string of the molecule is NCCc1cccnc1C(=O)O. The molecule has 4 nitrogen and oxygen atoms in total. The van der Waals surface area contributed by atoms with Crippen LogP contribution in [0.4, 0.5) is 0 Å². The Labute approximate surface area is 70.0 Å². The average Bonchev–Trinajstić information content (AvgIpc) is 2.05. The highest BCUT2D eigenvalue weighted by molar-refractivity contribution is 5.86. The Kier molecular flexibility index (Phi) is 2.76. The summed E-state index contributed by atoms with van der Waals surface area (Å²) in [7, 11) is 0. The maximum absolute atomic E-state index is 10.6. The topological polar surface area (TPSA) is 76.2 Å². The highest BCUT2D eigenvalue weighted by Gasteiger charge is 2.08. The van der Waals surface area contributed by atoms with Crippen LogP contribution in [0, 0.1) is 0 Å². The summed E-state index contributed by atoms with van der Waals surface area (Å²) in [6.45, 7) is 0.436. The molecule has 0 bridgehead atoms. The van der Waals surface area contributed by atoms with Gasteiger partial charge in [-0.15, -0.1) is 0 Å². The lowest BCUT2D eigenvalue weighted by molar-refractivity contribution is 0.0689. The summed E-state index contributed by atoms with van der Waals surface area (Å²) in [5.41, 5.74) is 6.10. The fourth-order valence-electron chi connectivity index (χ4n) is 0.988. The summed E-state index contributed by atoms with van der Waals surface area (Å²) >= 11 is 0. The van der Waals surface area contributed by atoms with Crippen LogP contribution in [0.1, 0.15) is 16.1 Å². The number of carboxylic acid groups (broad SMARTS) is 1. The van der Waals surface area contributed by atoms with Gasteiger partial charge in [-0.2, -0.15) is 0 Å². The molecule has 1 aromatic rings. The summed E-state index contributed by atoms with van der Waals surface area (Å²) in [5.74, 6) is -1.00. The van der Waals surface area contributed by atoms with E-state index in [1.54, 1.807) is 12.1 Å². The van der Waals surface area contributed by atoms with E-state index in [-0.39, 0.29) is 5.69 Å². The second kappa shape index (κ2) is 3.82. The van der Waals surface area contributed by atoms with E-state index in [0.717, 1.165) is 0 Å². The molecule has 0 aromatic carbocycles. The van der Waals surface area contributed by atoms with Crippen molar-refractivity contribution in [3.05, 3.63) is 29.6 Å². The zero-order valence-electron chi connectivity index (χ0n) is 6.53. The maximum Gasteiger partial charge on any atom is 0.354 e. The van der Waals surface area contributed by atoms with Gasteiger partial charge < -0.3 is 10.8 Å². The number of aromatic nitrogens is 1. The first-order chi connectivity index (χ1) is 5.75. The van der Waals surface area contributed by atoms with Crippen LogP contribution < -0.4 is 5.73 Å². The van der Waals surface area contributed by atoms with E-state index in [0.29, 0.717) is 18.5 Å². The summed E-state index contributed by atoms with van der Waals surface area (Å²) in [6, 6.07) is 3.43. The molecule has 0 aliphatic rings. The molecule has 4 heteroatoms. The van der Waals surface area contributed by atoms with E-state index in [1.165, 1.54) is 6.20 Å². The van der Waals surface area contributed by atoms with Crippen molar-refractivity contribution in [2.75, 3.05) is 6.54 Å². The van der Waals surface area contributed by atoms with E-state index in [9.17, 15) is 4.79 Å². The van der Waals surface area contributed by atoms with Gasteiger partial charge in [-0.1, -0.05) is 6.07 Å². The normalized spacial score (nSPS) is 9.75. The highest BCUT2D eigenvalue weighted by atomic mass is 16.4. The zero-order valence-corrected chi connectivity index (χ0v) is 6.53. The fraction of sp³-hybridized carbons (Fsp3) is 0.250. The van der Waals surface area contributed by atoms with Crippen LogP contribution in [0.2, 0.25) is 0 Å². The van der Waals surface area contributed by atoms with Gasteiger partial charge in [0.15, 0.2) is 5.69 Å². The van der Waals surface area contributed by atoms with Gasteiger partial charge in [-0.05, 0) is 24.6 Å². The standard InChI is InChI=1S/C8H10N2O2/c9-4-3-6-2-1-5-10-7(6)8(11)12/h1-2,5H,3-4,9H2,(H,11,12). The minimum Gasteiger partial charge on any atom is -0.477 e. The van der Waals surface area contributed by atoms with Crippen molar-refractivity contribution in [1.29, 1.82) is 0 Å². The van der Waals surface area contributed by atoms with Gasteiger partial charge in [0, 0.05) is 6.20 Å². The molecule has 3 N–H and O–H groups in total. The van der Waals surface area contributed by atoms with Crippen molar-refractivity contribution in [2.24, 2.45) is 5.73 Å².